The molecule has 6 nitrogen and oxygen atoms in total. The van der Waals surface area contributed by atoms with Crippen LogP contribution in [-0.4, -0.2) is 32.2 Å². The van der Waals surface area contributed by atoms with Crippen LogP contribution in [-0.2, 0) is 0 Å². The number of methoxy groups -OCH3 is 2. The molecule has 1 amide bonds. The van der Waals surface area contributed by atoms with E-state index in [0.29, 0.717) is 27.8 Å². The molecule has 0 saturated heterocycles. The van der Waals surface area contributed by atoms with Crippen LogP contribution in [0.25, 0.3) is 0 Å². The number of carbonyl (C=O) groups is 1. The largest absolute Gasteiger partial charge is 0.497 e. The van der Waals surface area contributed by atoms with Gasteiger partial charge in [0.15, 0.2) is 5.13 Å². The van der Waals surface area contributed by atoms with Crippen molar-refractivity contribution in [3.05, 3.63) is 59.1 Å². The average molecular weight is 383 g/mol. The van der Waals surface area contributed by atoms with Crippen molar-refractivity contribution in [2.75, 3.05) is 31.5 Å². The molecular formula is C20H21N3O3S. The summed E-state index contributed by atoms with van der Waals surface area (Å²) >= 11 is 1.34. The Bertz CT molecular complexity index is 941. The highest BCUT2D eigenvalue weighted by Gasteiger charge is 2.19. The van der Waals surface area contributed by atoms with Gasteiger partial charge in [0.2, 0.25) is 0 Å². The van der Waals surface area contributed by atoms with Gasteiger partial charge in [-0.15, -0.1) is 0 Å². The summed E-state index contributed by atoms with van der Waals surface area (Å²) in [5.74, 6) is 0.967. The van der Waals surface area contributed by atoms with Crippen molar-refractivity contribution in [3.63, 3.8) is 0 Å². The smallest absolute Gasteiger partial charge is 0.267 e. The fraction of sp³-hybridized carbons (Fsp3) is 0.200. The van der Waals surface area contributed by atoms with E-state index in [9.17, 15) is 4.79 Å². The molecule has 2 aromatic carbocycles. The molecule has 0 aliphatic heterocycles. The van der Waals surface area contributed by atoms with Gasteiger partial charge in [-0.1, -0.05) is 29.5 Å². The molecule has 0 radical (unpaired) electrons. The van der Waals surface area contributed by atoms with E-state index in [2.05, 4.69) is 10.3 Å². The number of aromatic nitrogens is 1. The van der Waals surface area contributed by atoms with Crippen LogP contribution in [0.1, 0.15) is 15.4 Å². The Morgan fingerprint density at radius 3 is 2.52 bits per heavy atom. The molecule has 0 bridgehead atoms. The van der Waals surface area contributed by atoms with Gasteiger partial charge >= 0.3 is 0 Å². The number of nitrogens with zero attached hydrogens (tertiary/aromatic N) is 2. The third kappa shape index (κ3) is 4.03. The molecule has 140 valence electrons. The van der Waals surface area contributed by atoms with Gasteiger partial charge in [-0.3, -0.25) is 4.79 Å². The first-order valence-corrected chi connectivity index (χ1v) is 9.14. The van der Waals surface area contributed by atoms with Crippen molar-refractivity contribution in [2.45, 2.75) is 6.92 Å². The molecule has 27 heavy (non-hydrogen) atoms. The van der Waals surface area contributed by atoms with E-state index in [0.717, 1.165) is 10.8 Å². The molecule has 0 aliphatic carbocycles. The standard InChI is InChI=1S/C20H21N3O3S/c1-13-18(27-20(21-13)23(2)14-8-6-5-7-9-14)19(24)22-16-12-15(25-3)10-11-17(16)26-4/h5-12H,1-4H3,(H,22,24). The molecule has 0 spiro atoms. The summed E-state index contributed by atoms with van der Waals surface area (Å²) in [6.07, 6.45) is 0. The van der Waals surface area contributed by atoms with Crippen LogP contribution >= 0.6 is 11.3 Å². The lowest BCUT2D eigenvalue weighted by Gasteiger charge is -2.15. The van der Waals surface area contributed by atoms with Crippen LogP contribution in [0.4, 0.5) is 16.5 Å². The summed E-state index contributed by atoms with van der Waals surface area (Å²) in [5.41, 5.74) is 2.23. The molecule has 0 atom stereocenters. The van der Waals surface area contributed by atoms with E-state index in [1.165, 1.54) is 11.3 Å². The minimum absolute atomic E-state index is 0.232. The molecule has 3 rings (SSSR count). The van der Waals surface area contributed by atoms with Gasteiger partial charge in [-0.25, -0.2) is 4.98 Å². The summed E-state index contributed by atoms with van der Waals surface area (Å²) in [7, 11) is 5.06. The summed E-state index contributed by atoms with van der Waals surface area (Å²) < 4.78 is 10.5. The minimum atomic E-state index is -0.232. The summed E-state index contributed by atoms with van der Waals surface area (Å²) in [6.45, 7) is 1.83. The second-order valence-corrected chi connectivity index (χ2v) is 6.80. The third-order valence-corrected chi connectivity index (χ3v) is 5.31. The molecule has 1 N–H and O–H groups in total. The number of thiazole rings is 1. The lowest BCUT2D eigenvalue weighted by molar-refractivity contribution is 0.102. The number of benzene rings is 2. The van der Waals surface area contributed by atoms with Crippen LogP contribution in [0.5, 0.6) is 11.5 Å². The lowest BCUT2D eigenvalue weighted by atomic mass is 10.2. The van der Waals surface area contributed by atoms with Gasteiger partial charge < -0.3 is 19.7 Å². The van der Waals surface area contributed by atoms with E-state index >= 15 is 0 Å². The maximum absolute atomic E-state index is 12.8. The molecule has 0 aliphatic rings. The Balaban J connectivity index is 1.85. The second kappa shape index (κ2) is 8.09. The van der Waals surface area contributed by atoms with Crippen molar-refractivity contribution in [2.24, 2.45) is 0 Å². The first-order valence-electron chi connectivity index (χ1n) is 8.33. The van der Waals surface area contributed by atoms with Crippen molar-refractivity contribution >= 4 is 33.8 Å². The minimum Gasteiger partial charge on any atom is -0.497 e. The Labute approximate surface area is 162 Å². The number of nitrogens with one attached hydrogen (secondary N) is 1. The summed E-state index contributed by atoms with van der Waals surface area (Å²) in [6, 6.07) is 15.1. The number of aryl methyl sites for hydroxylation is 1. The molecule has 0 fully saturated rings. The highest BCUT2D eigenvalue weighted by molar-refractivity contribution is 7.17. The van der Waals surface area contributed by atoms with Crippen molar-refractivity contribution < 1.29 is 14.3 Å². The van der Waals surface area contributed by atoms with Gasteiger partial charge in [0.05, 0.1) is 25.6 Å². The molecule has 3 aromatic rings. The number of rotatable bonds is 6. The zero-order chi connectivity index (χ0) is 19.4. The first kappa shape index (κ1) is 18.7. The number of hydrogen-bond donors (Lipinski definition) is 1. The molecule has 1 aromatic heterocycles. The van der Waals surface area contributed by atoms with Crippen LogP contribution in [0.2, 0.25) is 0 Å². The quantitative estimate of drug-likeness (QED) is 0.679. The normalized spacial score (nSPS) is 10.4. The van der Waals surface area contributed by atoms with Crippen molar-refractivity contribution in [1.82, 2.24) is 4.98 Å². The van der Waals surface area contributed by atoms with Crippen LogP contribution in [0.15, 0.2) is 48.5 Å². The van der Waals surface area contributed by atoms with E-state index in [-0.39, 0.29) is 5.91 Å². The Morgan fingerprint density at radius 1 is 1.11 bits per heavy atom. The van der Waals surface area contributed by atoms with Gasteiger partial charge in [-0.05, 0) is 31.2 Å². The predicted octanol–water partition coefficient (Wildman–Crippen LogP) is 4.49. The van der Waals surface area contributed by atoms with Crippen LogP contribution in [0, 0.1) is 6.92 Å². The zero-order valence-electron chi connectivity index (χ0n) is 15.6. The van der Waals surface area contributed by atoms with Gasteiger partial charge in [-0.2, -0.15) is 0 Å². The van der Waals surface area contributed by atoms with Crippen molar-refractivity contribution in [1.29, 1.82) is 0 Å². The van der Waals surface area contributed by atoms with Crippen LogP contribution in [0.3, 0.4) is 0 Å². The fourth-order valence-corrected chi connectivity index (χ4v) is 3.53. The highest BCUT2D eigenvalue weighted by Crippen LogP contribution is 2.33. The predicted molar refractivity (Wildman–Crippen MR) is 109 cm³/mol. The second-order valence-electron chi connectivity index (χ2n) is 5.83. The van der Waals surface area contributed by atoms with E-state index in [1.54, 1.807) is 32.4 Å². The van der Waals surface area contributed by atoms with Crippen LogP contribution < -0.4 is 19.7 Å². The zero-order valence-corrected chi connectivity index (χ0v) is 16.5. The maximum Gasteiger partial charge on any atom is 0.267 e. The average Bonchev–Trinajstić information content (AvgIpc) is 3.09. The fourth-order valence-electron chi connectivity index (χ4n) is 2.59. The topological polar surface area (TPSA) is 63.7 Å². The van der Waals surface area contributed by atoms with E-state index in [1.807, 2.05) is 49.2 Å². The number of ether oxygens (including phenoxy) is 2. The number of para-hydroxylation sites is 1. The van der Waals surface area contributed by atoms with Gasteiger partial charge in [0, 0.05) is 18.8 Å². The number of amides is 1. The summed E-state index contributed by atoms with van der Waals surface area (Å²) in [5, 5.41) is 3.64. The molecule has 7 heteroatoms. The third-order valence-electron chi connectivity index (χ3n) is 4.08. The molecule has 1 heterocycles. The monoisotopic (exact) mass is 383 g/mol. The first-order chi connectivity index (χ1) is 13.0. The Kier molecular flexibility index (Phi) is 5.61. The Hall–Kier alpha value is -3.06. The summed E-state index contributed by atoms with van der Waals surface area (Å²) in [4.78, 5) is 19.9. The highest BCUT2D eigenvalue weighted by atomic mass is 32.1. The van der Waals surface area contributed by atoms with Gasteiger partial charge in [0.1, 0.15) is 16.4 Å². The van der Waals surface area contributed by atoms with E-state index < -0.39 is 0 Å². The molecular weight excluding hydrogens is 362 g/mol. The van der Waals surface area contributed by atoms with E-state index in [4.69, 9.17) is 9.47 Å². The maximum atomic E-state index is 12.8. The lowest BCUT2D eigenvalue weighted by Crippen LogP contribution is -2.12. The number of carbonyl (C=O) groups excluding carboxylic acids is 1. The number of hydrogen-bond acceptors (Lipinski definition) is 6. The number of anilines is 3. The van der Waals surface area contributed by atoms with Gasteiger partial charge in [0.25, 0.3) is 5.91 Å². The Morgan fingerprint density at radius 2 is 1.85 bits per heavy atom. The van der Waals surface area contributed by atoms with Crippen molar-refractivity contribution in [3.8, 4) is 11.5 Å². The SMILES string of the molecule is COc1ccc(OC)c(NC(=O)c2sc(N(C)c3ccccc3)nc2C)c1. The molecule has 0 saturated carbocycles. The molecule has 0 unspecified atom stereocenters.